The minimum atomic E-state index is -0.473. The molecule has 1 aromatic heterocycles. The molecule has 1 aliphatic carbocycles. The average molecular weight is 437 g/mol. The predicted molar refractivity (Wildman–Crippen MR) is 121 cm³/mol. The van der Waals surface area contributed by atoms with E-state index in [1.54, 1.807) is 33.3 Å². The van der Waals surface area contributed by atoms with Gasteiger partial charge in [-0.15, -0.1) is 0 Å². The molecule has 0 radical (unpaired) electrons. The zero-order valence-corrected chi connectivity index (χ0v) is 18.7. The lowest BCUT2D eigenvalue weighted by molar-refractivity contribution is -0.121. The Hall–Kier alpha value is -3.48. The van der Waals surface area contributed by atoms with Gasteiger partial charge in [-0.05, 0) is 74.1 Å². The summed E-state index contributed by atoms with van der Waals surface area (Å²) < 4.78 is 16.2. The highest BCUT2D eigenvalue weighted by atomic mass is 16.5. The first-order valence-electron chi connectivity index (χ1n) is 10.6. The van der Waals surface area contributed by atoms with Crippen LogP contribution in [-0.4, -0.2) is 25.2 Å². The molecule has 0 fully saturated rings. The van der Waals surface area contributed by atoms with Crippen LogP contribution in [0.1, 0.15) is 46.7 Å². The van der Waals surface area contributed by atoms with Crippen LogP contribution in [0.15, 0.2) is 33.5 Å². The number of amides is 1. The Balaban J connectivity index is 1.50. The third-order valence-corrected chi connectivity index (χ3v) is 6.34. The number of hydrogen-bond donors (Lipinski definition) is 2. The predicted octanol–water partition coefficient (Wildman–Crippen LogP) is 3.87. The second kappa shape index (κ2) is 8.57. The second-order valence-electron chi connectivity index (χ2n) is 8.14. The van der Waals surface area contributed by atoms with Crippen molar-refractivity contribution in [2.24, 2.45) is 0 Å². The molecule has 1 atom stereocenters. The third kappa shape index (κ3) is 3.79. The van der Waals surface area contributed by atoms with Gasteiger partial charge in [-0.25, -0.2) is 4.79 Å². The molecule has 4 rings (SSSR count). The molecule has 1 amide bonds. The summed E-state index contributed by atoms with van der Waals surface area (Å²) in [6, 6.07) is 7.10. The first-order chi connectivity index (χ1) is 15.3. The highest BCUT2D eigenvalue weighted by Crippen LogP contribution is 2.39. The molecular formula is C25H27NO6. The minimum absolute atomic E-state index is 0.0817. The summed E-state index contributed by atoms with van der Waals surface area (Å²) in [7, 11) is 3.20. The van der Waals surface area contributed by atoms with Crippen molar-refractivity contribution in [2.75, 3.05) is 14.2 Å². The van der Waals surface area contributed by atoms with E-state index in [1.165, 1.54) is 0 Å². The lowest BCUT2D eigenvalue weighted by Crippen LogP contribution is -2.28. The highest BCUT2D eigenvalue weighted by molar-refractivity contribution is 5.85. The number of hydrogen-bond acceptors (Lipinski definition) is 6. The van der Waals surface area contributed by atoms with Crippen molar-refractivity contribution >= 4 is 16.9 Å². The fraction of sp³-hybridized carbons (Fsp3) is 0.360. The highest BCUT2D eigenvalue weighted by Gasteiger charge is 2.26. The van der Waals surface area contributed by atoms with Gasteiger partial charge in [0.2, 0.25) is 5.91 Å². The van der Waals surface area contributed by atoms with Gasteiger partial charge in [0.05, 0.1) is 20.3 Å². The van der Waals surface area contributed by atoms with Gasteiger partial charge in [0.25, 0.3) is 0 Å². The maximum Gasteiger partial charge on any atom is 0.339 e. The summed E-state index contributed by atoms with van der Waals surface area (Å²) in [5.41, 5.74) is 3.86. The van der Waals surface area contributed by atoms with E-state index in [0.717, 1.165) is 34.9 Å². The summed E-state index contributed by atoms with van der Waals surface area (Å²) in [4.78, 5) is 25.3. The first kappa shape index (κ1) is 21.7. The number of carbonyl (C=O) groups excluding carboxylic acids is 1. The molecular weight excluding hydrogens is 410 g/mol. The summed E-state index contributed by atoms with van der Waals surface area (Å²) in [5.74, 6) is 1.27. The quantitative estimate of drug-likeness (QED) is 0.568. The molecule has 7 nitrogen and oxygen atoms in total. The largest absolute Gasteiger partial charge is 0.508 e. The Labute approximate surface area is 186 Å². The van der Waals surface area contributed by atoms with Gasteiger partial charge >= 0.3 is 5.63 Å². The van der Waals surface area contributed by atoms with Crippen molar-refractivity contribution in [3.05, 3.63) is 62.5 Å². The fourth-order valence-corrected chi connectivity index (χ4v) is 4.46. The van der Waals surface area contributed by atoms with E-state index in [9.17, 15) is 14.7 Å². The van der Waals surface area contributed by atoms with Crippen LogP contribution in [0.25, 0.3) is 11.0 Å². The maximum atomic E-state index is 12.7. The Morgan fingerprint density at radius 2 is 1.88 bits per heavy atom. The van der Waals surface area contributed by atoms with Gasteiger partial charge in [-0.2, -0.15) is 0 Å². The number of fused-ring (bicyclic) bond motifs is 2. The summed E-state index contributed by atoms with van der Waals surface area (Å²) in [5, 5.41) is 13.7. The third-order valence-electron chi connectivity index (χ3n) is 6.34. The van der Waals surface area contributed by atoms with Crippen molar-refractivity contribution in [1.82, 2.24) is 5.32 Å². The minimum Gasteiger partial charge on any atom is -0.508 e. The van der Waals surface area contributed by atoms with Crippen molar-refractivity contribution in [3.8, 4) is 17.2 Å². The van der Waals surface area contributed by atoms with Crippen LogP contribution in [0.2, 0.25) is 0 Å². The Morgan fingerprint density at radius 3 is 2.59 bits per heavy atom. The first-order valence-corrected chi connectivity index (χ1v) is 10.6. The number of methoxy groups -OCH3 is 2. The number of carbonyl (C=O) groups is 1. The van der Waals surface area contributed by atoms with Crippen LogP contribution in [0, 0.1) is 13.8 Å². The number of benzene rings is 2. The summed E-state index contributed by atoms with van der Waals surface area (Å²) in [6.45, 7) is 3.55. The van der Waals surface area contributed by atoms with Crippen LogP contribution >= 0.6 is 0 Å². The summed E-state index contributed by atoms with van der Waals surface area (Å²) in [6.07, 6.45) is 2.10. The normalized spacial score (nSPS) is 14.9. The molecule has 0 saturated heterocycles. The van der Waals surface area contributed by atoms with Gasteiger partial charge < -0.3 is 24.3 Å². The number of aryl methyl sites for hydroxylation is 3. The standard InChI is InChI=1S/C25H27NO6/c1-13-16-6-9-20(27)14(2)24(16)32-25(29)17(13)7-10-23(28)26-19-8-5-15-11-21(30-3)22(31-4)12-18(15)19/h6,9,11-12,19,27H,5,7-8,10H2,1-4H3,(H,26,28)/t19-/m0/s1. The molecule has 1 heterocycles. The van der Waals surface area contributed by atoms with Crippen LogP contribution in [0.4, 0.5) is 0 Å². The number of rotatable bonds is 6. The molecule has 0 spiro atoms. The molecule has 3 aromatic rings. The number of nitrogens with one attached hydrogen (secondary N) is 1. The lowest BCUT2D eigenvalue weighted by atomic mass is 10.00. The Morgan fingerprint density at radius 1 is 1.16 bits per heavy atom. The number of ether oxygens (including phenoxy) is 2. The molecule has 2 N–H and O–H groups in total. The van der Waals surface area contributed by atoms with E-state index >= 15 is 0 Å². The Bertz CT molecular complexity index is 1260. The molecule has 0 bridgehead atoms. The van der Waals surface area contributed by atoms with Gasteiger partial charge in [0.15, 0.2) is 11.5 Å². The number of aromatic hydroxyl groups is 1. The zero-order valence-electron chi connectivity index (χ0n) is 18.7. The van der Waals surface area contributed by atoms with Gasteiger partial charge in [0.1, 0.15) is 11.3 Å². The maximum absolute atomic E-state index is 12.7. The molecule has 0 saturated carbocycles. The van der Waals surface area contributed by atoms with E-state index in [4.69, 9.17) is 13.9 Å². The topological polar surface area (TPSA) is 98.0 Å². The van der Waals surface area contributed by atoms with Gasteiger partial charge in [-0.3, -0.25) is 4.79 Å². The number of phenols is 1. The van der Waals surface area contributed by atoms with Crippen molar-refractivity contribution < 1.29 is 23.8 Å². The van der Waals surface area contributed by atoms with Crippen molar-refractivity contribution in [3.63, 3.8) is 0 Å². The van der Waals surface area contributed by atoms with Crippen molar-refractivity contribution in [2.45, 2.75) is 45.6 Å². The van der Waals surface area contributed by atoms with E-state index in [2.05, 4.69) is 5.32 Å². The zero-order chi connectivity index (χ0) is 23.0. The van der Waals surface area contributed by atoms with Gasteiger partial charge in [-0.1, -0.05) is 0 Å². The molecule has 7 heteroatoms. The van der Waals surface area contributed by atoms with Crippen molar-refractivity contribution in [1.29, 1.82) is 0 Å². The van der Waals surface area contributed by atoms with E-state index in [0.29, 0.717) is 28.2 Å². The van der Waals surface area contributed by atoms with E-state index in [1.807, 2.05) is 19.1 Å². The molecule has 168 valence electrons. The molecule has 0 aliphatic heterocycles. The van der Waals surface area contributed by atoms with Crippen LogP contribution in [0.5, 0.6) is 17.2 Å². The van der Waals surface area contributed by atoms with Gasteiger partial charge in [0, 0.05) is 22.9 Å². The molecule has 2 aromatic carbocycles. The lowest BCUT2D eigenvalue weighted by Gasteiger charge is -2.16. The molecule has 32 heavy (non-hydrogen) atoms. The number of phenolic OH excluding ortho intramolecular Hbond substituents is 1. The van der Waals surface area contributed by atoms with E-state index < -0.39 is 5.63 Å². The summed E-state index contributed by atoms with van der Waals surface area (Å²) >= 11 is 0. The molecule has 1 aliphatic rings. The fourth-order valence-electron chi connectivity index (χ4n) is 4.46. The average Bonchev–Trinajstić information content (AvgIpc) is 3.16. The SMILES string of the molecule is COc1cc2c(cc1OC)[C@@H](NC(=O)CCc1c(C)c3ccc(O)c(C)c3oc1=O)CC2. The smallest absolute Gasteiger partial charge is 0.339 e. The Kier molecular flexibility index (Phi) is 5.82. The second-order valence-corrected chi connectivity index (χ2v) is 8.14. The molecule has 0 unspecified atom stereocenters. The van der Waals surface area contributed by atoms with E-state index in [-0.39, 0.29) is 30.5 Å². The monoisotopic (exact) mass is 437 g/mol. The van der Waals surface area contributed by atoms with Crippen LogP contribution in [-0.2, 0) is 17.6 Å². The van der Waals surface area contributed by atoms with Crippen LogP contribution in [0.3, 0.4) is 0 Å². The van der Waals surface area contributed by atoms with Crippen LogP contribution < -0.4 is 20.4 Å².